The van der Waals surface area contributed by atoms with Crippen LogP contribution in [0.4, 0.5) is 0 Å². The summed E-state index contributed by atoms with van der Waals surface area (Å²) in [6, 6.07) is 0. The molecule has 0 aliphatic heterocycles. The van der Waals surface area contributed by atoms with E-state index >= 15 is 0 Å². The zero-order chi connectivity index (χ0) is 14.0. The van der Waals surface area contributed by atoms with E-state index in [1.165, 1.54) is 22.3 Å². The minimum absolute atomic E-state index is 0. The summed E-state index contributed by atoms with van der Waals surface area (Å²) in [6.45, 7) is 17.8. The molecule has 0 spiro atoms. The van der Waals surface area contributed by atoms with E-state index < -0.39 is 0 Å². The first-order chi connectivity index (χ1) is 8.25. The molecule has 0 unspecified atom stereocenters. The summed E-state index contributed by atoms with van der Waals surface area (Å²) in [5.74, 6) is 0. The first kappa shape index (κ1) is 26.6. The molecule has 21 heavy (non-hydrogen) atoms. The molecule has 0 saturated heterocycles. The van der Waals surface area contributed by atoms with Crippen LogP contribution in [0, 0.1) is 86.5 Å². The molecule has 0 nitrogen and oxygen atoms in total. The van der Waals surface area contributed by atoms with Crippen molar-refractivity contribution < 1.29 is 31.1 Å². The molecule has 0 aliphatic rings. The van der Waals surface area contributed by atoms with E-state index in [4.69, 9.17) is 0 Å². The summed E-state index contributed by atoms with van der Waals surface area (Å²) in [6.07, 6.45) is 0. The third kappa shape index (κ3) is 6.80. The maximum absolute atomic E-state index is 2.23. The van der Waals surface area contributed by atoms with Crippen molar-refractivity contribution in [1.29, 1.82) is 0 Å². The van der Waals surface area contributed by atoms with Gasteiger partial charge in [-0.3, -0.25) is 0 Å². The van der Waals surface area contributed by atoms with Gasteiger partial charge >= 0.3 is 31.1 Å². The smallest absolute Gasteiger partial charge is 0.133 e. The van der Waals surface area contributed by atoms with Gasteiger partial charge in [0.25, 0.3) is 0 Å². The van der Waals surface area contributed by atoms with Crippen LogP contribution < -0.4 is 0 Å². The molecule has 0 radical (unpaired) electrons. The third-order valence-corrected chi connectivity index (χ3v) is 7.12. The van der Waals surface area contributed by atoms with Crippen molar-refractivity contribution in [2.75, 3.05) is 0 Å². The summed E-state index contributed by atoms with van der Waals surface area (Å²) >= 11 is 0. The number of hydrogen-bond donors (Lipinski definition) is 0. The maximum atomic E-state index is 2.23. The SMILES string of the molecule is Cc1[pH]c(C)c(C)c1C.Cc1[pH]c(C)c(C)c1C.[BH4-].[BH4-].[U+2]. The van der Waals surface area contributed by atoms with Gasteiger partial charge in [0.1, 0.15) is 0 Å². The van der Waals surface area contributed by atoms with Crippen molar-refractivity contribution in [2.24, 2.45) is 0 Å². The first-order valence-electron chi connectivity index (χ1n) is 6.50. The van der Waals surface area contributed by atoms with Crippen LogP contribution in [0.15, 0.2) is 0 Å². The summed E-state index contributed by atoms with van der Waals surface area (Å²) in [4.78, 5) is 0. The van der Waals surface area contributed by atoms with E-state index in [1.54, 1.807) is 21.2 Å². The molecule has 2 aromatic rings. The molecule has 2 rings (SSSR count). The summed E-state index contributed by atoms with van der Waals surface area (Å²) in [5.41, 5.74) is 6.08. The second-order valence-corrected chi connectivity index (χ2v) is 8.75. The van der Waals surface area contributed by atoms with Gasteiger partial charge in [0.05, 0.1) is 0 Å². The van der Waals surface area contributed by atoms with Gasteiger partial charge in [0.15, 0.2) is 0 Å². The molecular formula is C16H34B2P2U. The minimum Gasteiger partial charge on any atom is -0.133 e. The van der Waals surface area contributed by atoms with Crippen molar-refractivity contribution in [2.45, 2.75) is 55.4 Å². The Hall–Kier alpha value is 0.742. The molecule has 5 heteroatoms. The zero-order valence-corrected chi connectivity index (χ0v) is 19.7. The largest absolute Gasteiger partial charge is 2.00 e. The molecule has 2 aromatic heterocycles. The van der Waals surface area contributed by atoms with Crippen LogP contribution in [0.5, 0.6) is 0 Å². The molecule has 0 bridgehead atoms. The maximum Gasteiger partial charge on any atom is 2.00 e. The Balaban J connectivity index is -0.000000270. The van der Waals surface area contributed by atoms with Crippen molar-refractivity contribution in [3.8, 4) is 0 Å². The van der Waals surface area contributed by atoms with Crippen LogP contribution in [-0.2, 0) is 0 Å². The summed E-state index contributed by atoms with van der Waals surface area (Å²) < 4.78 is 0. The predicted octanol–water partition coefficient (Wildman–Crippen LogP) is 3.00. The zero-order valence-electron chi connectivity index (χ0n) is 13.5. The van der Waals surface area contributed by atoms with Gasteiger partial charge in [0, 0.05) is 0 Å². The van der Waals surface area contributed by atoms with Crippen LogP contribution in [0.1, 0.15) is 43.4 Å². The molecule has 2 heterocycles. The fraction of sp³-hybridized carbons (Fsp3) is 0.500. The third-order valence-electron chi connectivity index (χ3n) is 4.12. The van der Waals surface area contributed by atoms with E-state index in [-0.39, 0.29) is 47.9 Å². The quantitative estimate of drug-likeness (QED) is 0.445. The Labute approximate surface area is 162 Å². The molecule has 0 N–H and O–H groups in total. The van der Waals surface area contributed by atoms with E-state index in [9.17, 15) is 0 Å². The van der Waals surface area contributed by atoms with Crippen molar-refractivity contribution in [1.82, 2.24) is 0 Å². The first-order valence-corrected chi connectivity index (χ1v) is 8.50. The Morgan fingerprint density at radius 1 is 0.429 bits per heavy atom. The second-order valence-electron chi connectivity index (χ2n) is 5.25. The van der Waals surface area contributed by atoms with Crippen molar-refractivity contribution in [3.05, 3.63) is 43.4 Å². The Kier molecular flexibility index (Phi) is 14.3. The fourth-order valence-corrected chi connectivity index (χ4v) is 4.69. The monoisotopic (exact) mass is 548 g/mol. The molecule has 0 saturated carbocycles. The van der Waals surface area contributed by atoms with Gasteiger partial charge in [-0.2, -0.15) is 0 Å². The average Bonchev–Trinajstić information content (AvgIpc) is 2.66. The van der Waals surface area contributed by atoms with Crippen LogP contribution in [0.25, 0.3) is 0 Å². The molecule has 0 aliphatic carbocycles. The van der Waals surface area contributed by atoms with Gasteiger partial charge < -0.3 is 0 Å². The molecule has 0 amide bonds. The Morgan fingerprint density at radius 2 is 0.571 bits per heavy atom. The molecule has 0 fully saturated rings. The van der Waals surface area contributed by atoms with E-state index in [0.717, 1.165) is 16.4 Å². The molecular weight excluding hydrogens is 514 g/mol. The van der Waals surface area contributed by atoms with Crippen LogP contribution >= 0.6 is 16.4 Å². The number of rotatable bonds is 0. The van der Waals surface area contributed by atoms with Gasteiger partial charge in [-0.15, -0.1) is 16.4 Å². The van der Waals surface area contributed by atoms with E-state index in [0.29, 0.717) is 0 Å². The summed E-state index contributed by atoms with van der Waals surface area (Å²) in [5, 5.41) is 6.30. The van der Waals surface area contributed by atoms with E-state index in [1.807, 2.05) is 0 Å². The molecule has 0 atom stereocenters. The van der Waals surface area contributed by atoms with Gasteiger partial charge in [-0.05, 0) is 98.8 Å². The predicted molar refractivity (Wildman–Crippen MR) is 112 cm³/mol. The number of hydrogen-bond acceptors (Lipinski definition) is 0. The fourth-order valence-electron chi connectivity index (χ4n) is 2.06. The Bertz CT molecular complexity index is 462. The van der Waals surface area contributed by atoms with Crippen molar-refractivity contribution >= 4 is 33.2 Å². The van der Waals surface area contributed by atoms with Crippen LogP contribution in [0.2, 0.25) is 0 Å². The normalized spacial score (nSPS) is 8.76. The number of aryl methyl sites for hydroxylation is 4. The van der Waals surface area contributed by atoms with Gasteiger partial charge in [-0.1, -0.05) is 16.8 Å². The minimum atomic E-state index is 0. The standard InChI is InChI=1S/2C8H13P.2BH4.U/c2*1-5-6(2)8(4)9-7(5)3;;;/h2*9H,1-4H3;2*1H4;/q;;2*-1;+2. The topological polar surface area (TPSA) is 0 Å². The Morgan fingerprint density at radius 3 is 0.619 bits per heavy atom. The van der Waals surface area contributed by atoms with Crippen LogP contribution in [0.3, 0.4) is 0 Å². The molecule has 118 valence electrons. The average molecular weight is 548 g/mol. The molecule has 0 aromatic carbocycles. The summed E-state index contributed by atoms with van der Waals surface area (Å²) in [7, 11) is 1.95. The van der Waals surface area contributed by atoms with Crippen LogP contribution in [-0.4, -0.2) is 16.8 Å². The second kappa shape index (κ2) is 11.3. The van der Waals surface area contributed by atoms with Crippen molar-refractivity contribution in [3.63, 3.8) is 0 Å². The van der Waals surface area contributed by atoms with Gasteiger partial charge in [-0.25, -0.2) is 0 Å². The van der Waals surface area contributed by atoms with E-state index in [2.05, 4.69) is 55.4 Å². The van der Waals surface area contributed by atoms with Gasteiger partial charge in [0.2, 0.25) is 0 Å².